The summed E-state index contributed by atoms with van der Waals surface area (Å²) in [7, 11) is 0. The first-order valence-electron chi connectivity index (χ1n) is 6.64. The van der Waals surface area contributed by atoms with Gasteiger partial charge in [0, 0.05) is 28.8 Å². The van der Waals surface area contributed by atoms with E-state index < -0.39 is 0 Å². The van der Waals surface area contributed by atoms with Crippen molar-refractivity contribution in [2.75, 3.05) is 11.2 Å². The predicted octanol–water partition coefficient (Wildman–Crippen LogP) is 4.85. The Morgan fingerprint density at radius 2 is 2.10 bits per heavy atom. The zero-order valence-corrected chi connectivity index (χ0v) is 14.3. The Labute approximate surface area is 133 Å². The van der Waals surface area contributed by atoms with Crippen LogP contribution in [0.25, 0.3) is 11.0 Å². The monoisotopic (exact) mass is 355 g/mol. The molecule has 0 amide bonds. The zero-order chi connectivity index (χ0) is 14.8. The third-order valence-electron chi connectivity index (χ3n) is 3.32. The molecule has 0 fully saturated rings. The summed E-state index contributed by atoms with van der Waals surface area (Å²) in [6, 6.07) is 4.23. The van der Waals surface area contributed by atoms with Crippen LogP contribution in [0.4, 0.5) is 5.69 Å². The number of anilines is 1. The number of hydrogen-bond donors (Lipinski definition) is 1. The number of aromatic nitrogens is 2. The highest BCUT2D eigenvalue weighted by atomic mass is 79.9. The van der Waals surface area contributed by atoms with Gasteiger partial charge in [-0.2, -0.15) is 0 Å². The van der Waals surface area contributed by atoms with Gasteiger partial charge in [-0.3, -0.25) is 9.97 Å². The van der Waals surface area contributed by atoms with Crippen LogP contribution >= 0.6 is 27.5 Å². The average Bonchev–Trinajstić information content (AvgIpc) is 2.37. The molecule has 5 heteroatoms. The summed E-state index contributed by atoms with van der Waals surface area (Å²) in [6.07, 6.45) is 4.51. The van der Waals surface area contributed by atoms with Crippen LogP contribution in [-0.4, -0.2) is 21.9 Å². The quantitative estimate of drug-likeness (QED) is 0.796. The minimum atomic E-state index is 0.125. The molecule has 0 saturated heterocycles. The topological polar surface area (TPSA) is 37.8 Å². The lowest BCUT2D eigenvalue weighted by Gasteiger charge is -2.32. The SMILES string of the molecule is CC(C)(C)C(CCCl)Nc1ccnc2cc(Br)cnc12. The molecule has 108 valence electrons. The first-order valence-corrected chi connectivity index (χ1v) is 7.97. The van der Waals surface area contributed by atoms with Gasteiger partial charge in [-0.15, -0.1) is 11.6 Å². The number of pyridine rings is 2. The number of hydrogen-bond acceptors (Lipinski definition) is 3. The Balaban J connectivity index is 2.37. The molecule has 0 aromatic carbocycles. The van der Waals surface area contributed by atoms with Gasteiger partial charge in [-0.05, 0) is 39.9 Å². The molecule has 0 aliphatic rings. The maximum Gasteiger partial charge on any atom is 0.112 e. The highest BCUT2D eigenvalue weighted by Gasteiger charge is 2.24. The van der Waals surface area contributed by atoms with Gasteiger partial charge in [0.25, 0.3) is 0 Å². The third kappa shape index (κ3) is 3.61. The van der Waals surface area contributed by atoms with Gasteiger partial charge >= 0.3 is 0 Å². The van der Waals surface area contributed by atoms with Gasteiger partial charge in [0.1, 0.15) is 5.52 Å². The summed E-state index contributed by atoms with van der Waals surface area (Å²) in [5.41, 5.74) is 2.90. The molecule has 20 heavy (non-hydrogen) atoms. The molecule has 0 bridgehead atoms. The van der Waals surface area contributed by atoms with Gasteiger partial charge in [0.15, 0.2) is 0 Å². The molecule has 2 heterocycles. The van der Waals surface area contributed by atoms with Crippen LogP contribution in [0.5, 0.6) is 0 Å². The molecular weight excluding hydrogens is 338 g/mol. The van der Waals surface area contributed by atoms with Crippen LogP contribution in [0.1, 0.15) is 27.2 Å². The molecule has 0 aliphatic carbocycles. The Morgan fingerprint density at radius 1 is 1.35 bits per heavy atom. The van der Waals surface area contributed by atoms with Crippen molar-refractivity contribution in [3.63, 3.8) is 0 Å². The molecular formula is C15H19BrClN3. The van der Waals surface area contributed by atoms with E-state index in [1.165, 1.54) is 0 Å². The first kappa shape index (κ1) is 15.5. The lowest BCUT2D eigenvalue weighted by molar-refractivity contribution is 0.335. The summed E-state index contributed by atoms with van der Waals surface area (Å²) in [5.74, 6) is 0.636. The van der Waals surface area contributed by atoms with Crippen LogP contribution < -0.4 is 5.32 Å². The number of halogens is 2. The van der Waals surface area contributed by atoms with Crippen molar-refractivity contribution in [1.29, 1.82) is 0 Å². The van der Waals surface area contributed by atoms with E-state index in [1.54, 1.807) is 12.4 Å². The Morgan fingerprint density at radius 3 is 2.75 bits per heavy atom. The molecule has 3 nitrogen and oxygen atoms in total. The van der Waals surface area contributed by atoms with E-state index in [9.17, 15) is 0 Å². The number of nitrogens with one attached hydrogen (secondary N) is 1. The van der Waals surface area contributed by atoms with Crippen molar-refractivity contribution in [3.05, 3.63) is 29.0 Å². The molecule has 0 radical (unpaired) electrons. The normalized spacial score (nSPS) is 13.4. The minimum absolute atomic E-state index is 0.125. The van der Waals surface area contributed by atoms with Gasteiger partial charge in [0.2, 0.25) is 0 Å². The second-order valence-electron chi connectivity index (χ2n) is 5.92. The van der Waals surface area contributed by atoms with E-state index in [1.807, 2.05) is 12.1 Å². The zero-order valence-electron chi connectivity index (χ0n) is 12.0. The van der Waals surface area contributed by atoms with Crippen molar-refractivity contribution in [2.24, 2.45) is 5.41 Å². The Bertz CT molecular complexity index is 595. The van der Waals surface area contributed by atoms with Crippen LogP contribution in [0, 0.1) is 5.41 Å². The number of rotatable bonds is 4. The summed E-state index contributed by atoms with van der Waals surface area (Å²) < 4.78 is 0.933. The molecule has 1 atom stereocenters. The van der Waals surface area contributed by atoms with Crippen LogP contribution in [0.2, 0.25) is 0 Å². The van der Waals surface area contributed by atoms with Gasteiger partial charge < -0.3 is 5.32 Å². The average molecular weight is 357 g/mol. The maximum absolute atomic E-state index is 5.93. The number of alkyl halides is 1. The highest BCUT2D eigenvalue weighted by Crippen LogP contribution is 2.29. The van der Waals surface area contributed by atoms with Crippen molar-refractivity contribution in [2.45, 2.75) is 33.2 Å². The molecule has 0 spiro atoms. The van der Waals surface area contributed by atoms with Gasteiger partial charge in [-0.1, -0.05) is 20.8 Å². The molecule has 0 aliphatic heterocycles. The van der Waals surface area contributed by atoms with Crippen molar-refractivity contribution < 1.29 is 0 Å². The van der Waals surface area contributed by atoms with Gasteiger partial charge in [-0.25, -0.2) is 0 Å². The molecule has 2 rings (SSSR count). The third-order valence-corrected chi connectivity index (χ3v) is 3.97. The van der Waals surface area contributed by atoms with E-state index in [2.05, 4.69) is 52.0 Å². The predicted molar refractivity (Wildman–Crippen MR) is 89.4 cm³/mol. The minimum Gasteiger partial charge on any atom is -0.380 e. The Kier molecular flexibility index (Phi) is 4.86. The number of nitrogens with zero attached hydrogens (tertiary/aromatic N) is 2. The van der Waals surface area contributed by atoms with E-state index in [4.69, 9.17) is 11.6 Å². The fraction of sp³-hybridized carbons (Fsp3) is 0.467. The smallest absolute Gasteiger partial charge is 0.112 e. The van der Waals surface area contributed by atoms with Crippen molar-refractivity contribution >= 4 is 44.3 Å². The molecule has 2 aromatic rings. The maximum atomic E-state index is 5.93. The van der Waals surface area contributed by atoms with E-state index in [-0.39, 0.29) is 11.5 Å². The molecule has 1 N–H and O–H groups in total. The highest BCUT2D eigenvalue weighted by molar-refractivity contribution is 9.10. The number of fused-ring (bicyclic) bond motifs is 1. The molecule has 2 aromatic heterocycles. The van der Waals surface area contributed by atoms with Crippen LogP contribution in [0.3, 0.4) is 0 Å². The first-order chi connectivity index (χ1) is 9.41. The van der Waals surface area contributed by atoms with Gasteiger partial charge in [0.05, 0.1) is 11.2 Å². The van der Waals surface area contributed by atoms with Crippen LogP contribution in [-0.2, 0) is 0 Å². The lowest BCUT2D eigenvalue weighted by Crippen LogP contribution is -2.34. The summed E-state index contributed by atoms with van der Waals surface area (Å²) in [6.45, 7) is 6.64. The summed E-state index contributed by atoms with van der Waals surface area (Å²) in [4.78, 5) is 8.83. The van der Waals surface area contributed by atoms with E-state index in [0.29, 0.717) is 5.88 Å². The second kappa shape index (κ2) is 6.27. The lowest BCUT2D eigenvalue weighted by atomic mass is 9.85. The largest absolute Gasteiger partial charge is 0.380 e. The molecule has 1 unspecified atom stereocenters. The summed E-state index contributed by atoms with van der Waals surface area (Å²) >= 11 is 9.36. The van der Waals surface area contributed by atoms with E-state index >= 15 is 0 Å². The molecule has 0 saturated carbocycles. The summed E-state index contributed by atoms with van der Waals surface area (Å²) in [5, 5.41) is 3.58. The van der Waals surface area contributed by atoms with Crippen LogP contribution in [0.15, 0.2) is 29.0 Å². The van der Waals surface area contributed by atoms with Crippen molar-refractivity contribution in [3.8, 4) is 0 Å². The fourth-order valence-corrected chi connectivity index (χ4v) is 2.68. The van der Waals surface area contributed by atoms with E-state index in [0.717, 1.165) is 27.6 Å². The van der Waals surface area contributed by atoms with Crippen molar-refractivity contribution in [1.82, 2.24) is 9.97 Å². The fourth-order valence-electron chi connectivity index (χ4n) is 2.14. The standard InChI is InChI=1S/C15H19BrClN3/c1-15(2,3)13(4-6-17)20-11-5-7-18-12-8-10(16)9-19-14(11)12/h5,7-9,13H,4,6H2,1-3H3,(H,18,20). The Hall–Kier alpha value is -0.870. The second-order valence-corrected chi connectivity index (χ2v) is 7.21.